The van der Waals surface area contributed by atoms with Gasteiger partial charge in [-0.1, -0.05) is 28.1 Å². The molecule has 0 saturated heterocycles. The molecule has 0 heterocycles. The van der Waals surface area contributed by atoms with Gasteiger partial charge in [-0.2, -0.15) is 0 Å². The molecule has 0 aliphatic carbocycles. The highest BCUT2D eigenvalue weighted by atomic mass is 127. The summed E-state index contributed by atoms with van der Waals surface area (Å²) in [5.74, 6) is 0.909. The van der Waals surface area contributed by atoms with Crippen molar-refractivity contribution in [1.82, 2.24) is 10.6 Å². The largest absolute Gasteiger partial charge is 0.357 e. The number of nitrogens with one attached hydrogen (secondary N) is 2. The highest BCUT2D eigenvalue weighted by Gasteiger charge is 1.99. The van der Waals surface area contributed by atoms with Crippen molar-refractivity contribution in [3.05, 3.63) is 34.3 Å². The third-order valence-electron chi connectivity index (χ3n) is 2.55. The molecule has 0 aromatic heterocycles. The van der Waals surface area contributed by atoms with Crippen LogP contribution < -0.4 is 10.6 Å². The minimum Gasteiger partial charge on any atom is -0.357 e. The van der Waals surface area contributed by atoms with Crippen LogP contribution in [0.2, 0.25) is 0 Å². The molecule has 0 atom stereocenters. The van der Waals surface area contributed by atoms with Crippen LogP contribution in [0.15, 0.2) is 33.7 Å². The Morgan fingerprint density at radius 3 is 2.70 bits per heavy atom. The van der Waals surface area contributed by atoms with Crippen molar-refractivity contribution in [3.63, 3.8) is 0 Å². The topological polar surface area (TPSA) is 36.4 Å². The second kappa shape index (κ2) is 11.4. The van der Waals surface area contributed by atoms with E-state index >= 15 is 0 Å². The number of halogens is 2. The third-order valence-corrected chi connectivity index (χ3v) is 3.05. The van der Waals surface area contributed by atoms with Crippen molar-refractivity contribution in [2.75, 3.05) is 13.1 Å². The number of hydrogen-bond donors (Lipinski definition) is 2. The fourth-order valence-electron chi connectivity index (χ4n) is 1.76. The summed E-state index contributed by atoms with van der Waals surface area (Å²) in [5, 5.41) is 6.57. The molecule has 0 spiro atoms. The van der Waals surface area contributed by atoms with Gasteiger partial charge >= 0.3 is 0 Å². The summed E-state index contributed by atoms with van der Waals surface area (Å²) < 4.78 is 1.14. The summed E-state index contributed by atoms with van der Waals surface area (Å²) in [6.45, 7) is 8.06. The maximum absolute atomic E-state index is 4.57. The van der Waals surface area contributed by atoms with Gasteiger partial charge in [0.1, 0.15) is 0 Å². The van der Waals surface area contributed by atoms with Crippen molar-refractivity contribution < 1.29 is 0 Å². The van der Waals surface area contributed by atoms with Gasteiger partial charge in [-0.05, 0) is 51.3 Å². The number of rotatable bonds is 6. The van der Waals surface area contributed by atoms with Gasteiger partial charge in [0.05, 0.1) is 0 Å². The molecule has 0 amide bonds. The first-order valence-electron chi connectivity index (χ1n) is 6.91. The van der Waals surface area contributed by atoms with E-state index in [1.807, 2.05) is 0 Å². The van der Waals surface area contributed by atoms with Crippen LogP contribution in [0.1, 0.15) is 32.8 Å². The second-order valence-electron chi connectivity index (χ2n) is 4.79. The van der Waals surface area contributed by atoms with Crippen LogP contribution >= 0.6 is 39.9 Å². The summed E-state index contributed by atoms with van der Waals surface area (Å²) in [4.78, 5) is 4.57. The van der Waals surface area contributed by atoms with Crippen molar-refractivity contribution >= 4 is 45.9 Å². The van der Waals surface area contributed by atoms with Gasteiger partial charge in [-0.25, -0.2) is 0 Å². The lowest BCUT2D eigenvalue weighted by Crippen LogP contribution is -2.41. The van der Waals surface area contributed by atoms with E-state index in [2.05, 4.69) is 76.6 Å². The lowest BCUT2D eigenvalue weighted by Gasteiger charge is -2.13. The van der Waals surface area contributed by atoms with Crippen LogP contribution in [-0.2, 0) is 6.42 Å². The molecule has 1 rings (SSSR count). The van der Waals surface area contributed by atoms with Crippen LogP contribution in [0.5, 0.6) is 0 Å². The Labute approximate surface area is 148 Å². The average Bonchev–Trinajstić information content (AvgIpc) is 2.34. The Balaban J connectivity index is 0.00000361. The van der Waals surface area contributed by atoms with E-state index in [1.54, 1.807) is 0 Å². The molecule has 1 aromatic carbocycles. The number of aryl methyl sites for hydroxylation is 1. The maximum atomic E-state index is 4.57. The fourth-order valence-corrected chi connectivity index (χ4v) is 2.21. The predicted octanol–water partition coefficient (Wildman–Crippen LogP) is 3.96. The van der Waals surface area contributed by atoms with Gasteiger partial charge < -0.3 is 10.6 Å². The Hall–Kier alpha value is -0.300. The fraction of sp³-hybridized carbons (Fsp3) is 0.533. The van der Waals surface area contributed by atoms with Crippen molar-refractivity contribution in [1.29, 1.82) is 0 Å². The summed E-state index contributed by atoms with van der Waals surface area (Å²) in [5.41, 5.74) is 1.35. The van der Waals surface area contributed by atoms with Gasteiger partial charge in [0.2, 0.25) is 0 Å². The normalized spacial score (nSPS) is 11.2. The van der Waals surface area contributed by atoms with Gasteiger partial charge in [-0.3, -0.25) is 4.99 Å². The molecule has 0 unspecified atom stereocenters. The highest BCUT2D eigenvalue weighted by molar-refractivity contribution is 14.0. The van der Waals surface area contributed by atoms with Gasteiger partial charge in [0.25, 0.3) is 0 Å². The number of guanidine groups is 1. The van der Waals surface area contributed by atoms with E-state index in [4.69, 9.17) is 0 Å². The zero-order chi connectivity index (χ0) is 14.1. The zero-order valence-corrected chi connectivity index (χ0v) is 16.4. The molecule has 0 aliphatic heterocycles. The van der Waals surface area contributed by atoms with Gasteiger partial charge in [0.15, 0.2) is 5.96 Å². The molecule has 2 N–H and O–H groups in total. The Morgan fingerprint density at radius 1 is 1.35 bits per heavy atom. The standard InChI is InChI=1S/C15H24BrN3.HI/c1-4-17-15(19-12(2)3)18-10-6-8-13-7-5-9-14(16)11-13;/h5,7,9,11-12H,4,6,8,10H2,1-3H3,(H2,17,18,19);1H. The molecule has 1 aromatic rings. The quantitative estimate of drug-likeness (QED) is 0.296. The summed E-state index contributed by atoms with van der Waals surface area (Å²) in [6.07, 6.45) is 2.12. The first-order chi connectivity index (χ1) is 9.11. The van der Waals surface area contributed by atoms with E-state index in [1.165, 1.54) is 5.56 Å². The van der Waals surface area contributed by atoms with Crippen LogP contribution in [-0.4, -0.2) is 25.1 Å². The molecular formula is C15H25BrIN3. The summed E-state index contributed by atoms with van der Waals surface area (Å²) in [7, 11) is 0. The van der Waals surface area contributed by atoms with Crippen LogP contribution in [0, 0.1) is 0 Å². The van der Waals surface area contributed by atoms with Crippen LogP contribution in [0.25, 0.3) is 0 Å². The van der Waals surface area contributed by atoms with E-state index in [9.17, 15) is 0 Å². The SMILES string of the molecule is CCNC(=NCCCc1cccc(Br)c1)NC(C)C.I. The Bertz CT molecular complexity index is 408. The molecule has 0 aliphatic rings. The molecule has 20 heavy (non-hydrogen) atoms. The van der Waals surface area contributed by atoms with E-state index in [-0.39, 0.29) is 24.0 Å². The Kier molecular flexibility index (Phi) is 11.2. The molecule has 3 nitrogen and oxygen atoms in total. The number of aliphatic imine (C=N–C) groups is 1. The second-order valence-corrected chi connectivity index (χ2v) is 5.71. The molecule has 0 fully saturated rings. The first-order valence-corrected chi connectivity index (χ1v) is 7.70. The summed E-state index contributed by atoms with van der Waals surface area (Å²) in [6, 6.07) is 8.86. The molecule has 114 valence electrons. The monoisotopic (exact) mass is 453 g/mol. The highest BCUT2D eigenvalue weighted by Crippen LogP contribution is 2.12. The van der Waals surface area contributed by atoms with Crippen LogP contribution in [0.4, 0.5) is 0 Å². The average molecular weight is 454 g/mol. The molecule has 0 radical (unpaired) electrons. The van der Waals surface area contributed by atoms with E-state index < -0.39 is 0 Å². The number of hydrogen-bond acceptors (Lipinski definition) is 1. The smallest absolute Gasteiger partial charge is 0.191 e. The lowest BCUT2D eigenvalue weighted by atomic mass is 10.1. The molecule has 0 saturated carbocycles. The minimum absolute atomic E-state index is 0. The van der Waals surface area contributed by atoms with Crippen molar-refractivity contribution in [3.8, 4) is 0 Å². The summed E-state index contributed by atoms with van der Waals surface area (Å²) >= 11 is 3.49. The van der Waals surface area contributed by atoms with Crippen LogP contribution in [0.3, 0.4) is 0 Å². The predicted molar refractivity (Wildman–Crippen MR) is 102 cm³/mol. The van der Waals surface area contributed by atoms with E-state index in [0.29, 0.717) is 6.04 Å². The molecule has 5 heteroatoms. The Morgan fingerprint density at radius 2 is 2.10 bits per heavy atom. The molecule has 0 bridgehead atoms. The third kappa shape index (κ3) is 8.79. The lowest BCUT2D eigenvalue weighted by molar-refractivity contribution is 0.696. The molecular weight excluding hydrogens is 429 g/mol. The van der Waals surface area contributed by atoms with Gasteiger partial charge in [0, 0.05) is 23.6 Å². The van der Waals surface area contributed by atoms with Crippen molar-refractivity contribution in [2.24, 2.45) is 4.99 Å². The van der Waals surface area contributed by atoms with E-state index in [0.717, 1.165) is 36.4 Å². The number of benzene rings is 1. The number of nitrogens with zero attached hydrogens (tertiary/aromatic N) is 1. The first kappa shape index (κ1) is 19.7. The maximum Gasteiger partial charge on any atom is 0.191 e. The zero-order valence-electron chi connectivity index (χ0n) is 12.4. The minimum atomic E-state index is 0. The van der Waals surface area contributed by atoms with Crippen molar-refractivity contribution in [2.45, 2.75) is 39.7 Å². The van der Waals surface area contributed by atoms with Gasteiger partial charge in [-0.15, -0.1) is 24.0 Å².